The molecule has 0 aliphatic carbocycles. The molecule has 0 unspecified atom stereocenters. The first-order chi connectivity index (χ1) is 5.91. The van der Waals surface area contributed by atoms with E-state index in [1.807, 2.05) is 0 Å². The second-order valence-electron chi connectivity index (χ2n) is 3.19. The topological polar surface area (TPSA) is 60.4 Å². The molecule has 0 radical (unpaired) electrons. The fourth-order valence-electron chi connectivity index (χ4n) is 0.781. The van der Waals surface area contributed by atoms with Crippen LogP contribution in [0.1, 0.15) is 20.8 Å². The van der Waals surface area contributed by atoms with Gasteiger partial charge in [-0.15, -0.1) is 24.0 Å². The van der Waals surface area contributed by atoms with E-state index in [2.05, 4.69) is 20.9 Å². The number of carboxylic acids is 1. The van der Waals surface area contributed by atoms with E-state index in [1.54, 1.807) is 0 Å². The van der Waals surface area contributed by atoms with Crippen molar-refractivity contribution in [2.24, 2.45) is 0 Å². The Balaban J connectivity index is -0.000000209. The maximum Gasteiger partial charge on any atom is 0.102 e. The zero-order valence-electron chi connectivity index (χ0n) is 9.45. The lowest BCUT2D eigenvalue weighted by molar-refractivity contribution is -0.906. The lowest BCUT2D eigenvalue weighted by Crippen LogP contribution is -2.45. The van der Waals surface area contributed by atoms with Crippen LogP contribution in [0.15, 0.2) is 0 Å². The zero-order valence-corrected chi connectivity index (χ0v) is 11.8. The summed E-state index contributed by atoms with van der Waals surface area (Å²) < 4.78 is 0.983. The maximum atomic E-state index is 8.89. The summed E-state index contributed by atoms with van der Waals surface area (Å²) in [7, 11) is 2.16. The smallest absolute Gasteiger partial charge is 0.102 e. The van der Waals surface area contributed by atoms with Crippen LogP contribution in [0.2, 0.25) is 0 Å². The molecule has 0 heterocycles. The molecule has 0 aromatic rings. The molecule has 4 nitrogen and oxygen atoms in total. The first-order valence-corrected chi connectivity index (χ1v) is 4.53. The standard InChI is InChI=1S/C7H18NO.C2H4O2.HI/c1-4-8(3,5-2)6-7-9;1-2(3)4;/h9H,4-7H2,1-3H3;1H3,(H,3,4);1H/q+1;;/p-1. The van der Waals surface area contributed by atoms with E-state index < -0.39 is 5.97 Å². The van der Waals surface area contributed by atoms with Crippen molar-refractivity contribution < 1.29 is 19.5 Å². The number of carbonyl (C=O) groups is 1. The molecule has 0 atom stereocenters. The van der Waals surface area contributed by atoms with Gasteiger partial charge in [0.15, 0.2) is 0 Å². The molecule has 0 aliphatic rings. The van der Waals surface area contributed by atoms with Crippen LogP contribution in [0, 0.1) is 0 Å². The molecule has 0 aliphatic heterocycles. The summed E-state index contributed by atoms with van der Waals surface area (Å²) in [5.74, 6) is -1.08. The summed E-state index contributed by atoms with van der Waals surface area (Å²) in [5, 5.41) is 17.5. The van der Waals surface area contributed by atoms with Crippen LogP contribution in [0.25, 0.3) is 0 Å². The molecule has 88 valence electrons. The lowest BCUT2D eigenvalue weighted by Gasteiger charge is -2.31. The number of nitrogens with zero attached hydrogens (tertiary/aromatic N) is 1. The van der Waals surface area contributed by atoms with Crippen molar-refractivity contribution in [2.45, 2.75) is 20.8 Å². The maximum absolute atomic E-state index is 8.89. The number of rotatable bonds is 4. The first-order valence-electron chi connectivity index (χ1n) is 4.53. The van der Waals surface area contributed by atoms with Crippen LogP contribution in [0.5, 0.6) is 0 Å². The molecule has 0 spiro atoms. The molecule has 14 heavy (non-hydrogen) atoms. The lowest BCUT2D eigenvalue weighted by atomic mass is 10.4. The van der Waals surface area contributed by atoms with Gasteiger partial charge in [0.25, 0.3) is 0 Å². The first kappa shape index (κ1) is 19.7. The van der Waals surface area contributed by atoms with Crippen molar-refractivity contribution in [3.63, 3.8) is 0 Å². The highest BCUT2D eigenvalue weighted by atomic mass is 127. The third-order valence-electron chi connectivity index (χ3n) is 2.17. The largest absolute Gasteiger partial charge is 0.550 e. The minimum absolute atomic E-state index is 0. The molecule has 0 amide bonds. The highest BCUT2D eigenvalue weighted by Gasteiger charge is 2.13. The van der Waals surface area contributed by atoms with Gasteiger partial charge in [-0.3, -0.25) is 0 Å². The summed E-state index contributed by atoms with van der Waals surface area (Å²) in [5.41, 5.74) is 0. The van der Waals surface area contributed by atoms with Gasteiger partial charge in [0.1, 0.15) is 6.54 Å². The molecule has 5 heteroatoms. The van der Waals surface area contributed by atoms with Crippen molar-refractivity contribution in [2.75, 3.05) is 33.3 Å². The van der Waals surface area contributed by atoms with Gasteiger partial charge in [-0.25, -0.2) is 0 Å². The molecular weight excluding hydrogens is 297 g/mol. The minimum Gasteiger partial charge on any atom is -0.550 e. The van der Waals surface area contributed by atoms with Crippen molar-refractivity contribution >= 4 is 29.9 Å². The number of hydrogen-bond acceptors (Lipinski definition) is 3. The Labute approximate surface area is 104 Å². The molecule has 1 N–H and O–H groups in total. The highest BCUT2D eigenvalue weighted by molar-refractivity contribution is 14.0. The normalized spacial score (nSPS) is 9.50. The predicted octanol–water partition coefficient (Wildman–Crippen LogP) is -0.161. The van der Waals surface area contributed by atoms with Crippen LogP contribution in [0.3, 0.4) is 0 Å². The van der Waals surface area contributed by atoms with Gasteiger partial charge in [-0.2, -0.15) is 0 Å². The average Bonchev–Trinajstić information content (AvgIpc) is 2.04. The van der Waals surface area contributed by atoms with E-state index >= 15 is 0 Å². The van der Waals surface area contributed by atoms with E-state index in [-0.39, 0.29) is 24.0 Å². The Morgan fingerprint density at radius 2 is 1.64 bits per heavy atom. The second kappa shape index (κ2) is 11.2. The Morgan fingerprint density at radius 3 is 1.71 bits per heavy atom. The highest BCUT2D eigenvalue weighted by Crippen LogP contribution is 1.98. The molecule has 0 bridgehead atoms. The number of aliphatic hydroxyl groups excluding tert-OH is 1. The van der Waals surface area contributed by atoms with E-state index in [9.17, 15) is 0 Å². The SMILES string of the molecule is CC(=O)[O-].CC[N+](C)(CC)CCO.I. The average molecular weight is 319 g/mol. The summed E-state index contributed by atoms with van der Waals surface area (Å²) in [6.07, 6.45) is 0. The van der Waals surface area contributed by atoms with Gasteiger partial charge in [-0.05, 0) is 20.8 Å². The van der Waals surface area contributed by atoms with Crippen LogP contribution in [0.4, 0.5) is 0 Å². The number of aliphatic carboxylic acids is 1. The van der Waals surface area contributed by atoms with Gasteiger partial charge in [0.2, 0.25) is 0 Å². The third kappa shape index (κ3) is 14.6. The Morgan fingerprint density at radius 1 is 1.36 bits per heavy atom. The van der Waals surface area contributed by atoms with Crippen molar-refractivity contribution in [1.29, 1.82) is 0 Å². The minimum atomic E-state index is -1.08. The summed E-state index contributed by atoms with van der Waals surface area (Å²) in [6.45, 7) is 8.68. The van der Waals surface area contributed by atoms with Gasteiger partial charge >= 0.3 is 0 Å². The number of carboxylic acid groups (broad SMARTS) is 1. The van der Waals surface area contributed by atoms with Gasteiger partial charge < -0.3 is 19.5 Å². The van der Waals surface area contributed by atoms with E-state index in [1.165, 1.54) is 0 Å². The Hall–Kier alpha value is 0.120. The van der Waals surface area contributed by atoms with Crippen molar-refractivity contribution in [1.82, 2.24) is 0 Å². The molecule has 0 aromatic heterocycles. The fraction of sp³-hybridized carbons (Fsp3) is 0.889. The zero-order chi connectivity index (χ0) is 10.9. The number of carbonyl (C=O) groups excluding carboxylic acids is 1. The Bertz CT molecular complexity index is 134. The Kier molecular flexibility index (Phi) is 15.7. The summed E-state index contributed by atoms with van der Waals surface area (Å²) >= 11 is 0. The van der Waals surface area contributed by atoms with E-state index in [4.69, 9.17) is 15.0 Å². The van der Waals surface area contributed by atoms with Crippen LogP contribution >= 0.6 is 24.0 Å². The van der Waals surface area contributed by atoms with E-state index in [0.717, 1.165) is 31.0 Å². The fourth-order valence-corrected chi connectivity index (χ4v) is 0.781. The second-order valence-corrected chi connectivity index (χ2v) is 3.19. The molecular formula is C9H22INO3. The molecule has 0 rings (SSSR count). The summed E-state index contributed by atoms with van der Waals surface area (Å²) in [6, 6.07) is 0. The number of hydrogen-bond donors (Lipinski definition) is 1. The number of aliphatic hydroxyl groups is 1. The predicted molar refractivity (Wildman–Crippen MR) is 65.3 cm³/mol. The number of halogens is 1. The van der Waals surface area contributed by atoms with Crippen LogP contribution < -0.4 is 5.11 Å². The number of quaternary nitrogens is 1. The summed E-state index contributed by atoms with van der Waals surface area (Å²) in [4.78, 5) is 8.89. The van der Waals surface area contributed by atoms with Crippen molar-refractivity contribution in [3.05, 3.63) is 0 Å². The van der Waals surface area contributed by atoms with Gasteiger partial charge in [-0.1, -0.05) is 0 Å². The van der Waals surface area contributed by atoms with E-state index in [0.29, 0.717) is 6.61 Å². The third-order valence-corrected chi connectivity index (χ3v) is 2.17. The number of likely N-dealkylation sites (N-methyl/N-ethyl adjacent to an activating group) is 1. The monoisotopic (exact) mass is 319 g/mol. The molecule has 0 fully saturated rings. The van der Waals surface area contributed by atoms with Crippen molar-refractivity contribution in [3.8, 4) is 0 Å². The molecule has 0 saturated heterocycles. The molecule has 0 aromatic carbocycles. The van der Waals surface area contributed by atoms with Crippen LogP contribution in [-0.4, -0.2) is 48.8 Å². The van der Waals surface area contributed by atoms with Gasteiger partial charge in [0, 0.05) is 5.97 Å². The molecule has 0 saturated carbocycles. The van der Waals surface area contributed by atoms with Gasteiger partial charge in [0.05, 0.1) is 26.7 Å². The quantitative estimate of drug-likeness (QED) is 0.579. The van der Waals surface area contributed by atoms with Crippen LogP contribution in [-0.2, 0) is 4.79 Å².